The van der Waals surface area contributed by atoms with E-state index in [0.29, 0.717) is 24.2 Å². The van der Waals surface area contributed by atoms with E-state index in [1.54, 1.807) is 24.3 Å². The molecule has 3 atom stereocenters. The Morgan fingerprint density at radius 1 is 0.780 bits per heavy atom. The van der Waals surface area contributed by atoms with Crippen LogP contribution in [0.3, 0.4) is 0 Å². The molecule has 0 aliphatic carbocycles. The summed E-state index contributed by atoms with van der Waals surface area (Å²) in [4.78, 5) is 32.9. The van der Waals surface area contributed by atoms with Gasteiger partial charge in [0.2, 0.25) is 0 Å². The van der Waals surface area contributed by atoms with Crippen molar-refractivity contribution < 1.29 is 23.1 Å². The third kappa shape index (κ3) is 6.80. The van der Waals surface area contributed by atoms with Crippen LogP contribution in [0.5, 0.6) is 0 Å². The van der Waals surface area contributed by atoms with Crippen molar-refractivity contribution in [3.8, 4) is 0 Å². The quantitative estimate of drug-likeness (QED) is 0.314. The van der Waals surface area contributed by atoms with Crippen molar-refractivity contribution >= 4 is 11.6 Å². The highest BCUT2D eigenvalue weighted by Crippen LogP contribution is 2.42. The van der Waals surface area contributed by atoms with Gasteiger partial charge in [0.1, 0.15) is 11.6 Å². The van der Waals surface area contributed by atoms with E-state index in [1.807, 2.05) is 32.0 Å². The minimum absolute atomic E-state index is 0.176. The summed E-state index contributed by atoms with van der Waals surface area (Å²) in [5.41, 5.74) is 3.66. The van der Waals surface area contributed by atoms with E-state index in [0.717, 1.165) is 62.5 Å². The molecule has 2 fully saturated rings. The van der Waals surface area contributed by atoms with Gasteiger partial charge in [-0.3, -0.25) is 14.5 Å². The van der Waals surface area contributed by atoms with Crippen molar-refractivity contribution in [2.45, 2.75) is 26.2 Å². The first-order valence-electron chi connectivity index (χ1n) is 14.5. The number of carbonyl (C=O) groups is 2. The molecule has 2 heterocycles. The predicted molar refractivity (Wildman–Crippen MR) is 155 cm³/mol. The largest absolute Gasteiger partial charge is 0.379 e. The molecule has 0 aromatic heterocycles. The first-order chi connectivity index (χ1) is 19.8. The number of carbonyl (C=O) groups excluding carboxylic acids is 2. The van der Waals surface area contributed by atoms with Crippen LogP contribution >= 0.6 is 0 Å². The number of benzene rings is 3. The Balaban J connectivity index is 1.53. The molecule has 2 aliphatic heterocycles. The smallest absolute Gasteiger partial charge is 0.167 e. The first-order valence-corrected chi connectivity index (χ1v) is 14.5. The minimum atomic E-state index is -0.572. The maximum Gasteiger partial charge on any atom is 0.167 e. The van der Waals surface area contributed by atoms with Crippen LogP contribution in [0.2, 0.25) is 0 Å². The zero-order chi connectivity index (χ0) is 28.9. The zero-order valence-corrected chi connectivity index (χ0v) is 23.8. The van der Waals surface area contributed by atoms with Crippen molar-refractivity contribution in [1.29, 1.82) is 0 Å². The molecule has 7 heteroatoms. The molecule has 0 radical (unpaired) electrons. The fraction of sp³-hybridized carbons (Fsp3) is 0.412. The molecule has 0 saturated carbocycles. The Labute approximate surface area is 241 Å². The number of hydrogen-bond acceptors (Lipinski definition) is 5. The monoisotopic (exact) mass is 560 g/mol. The number of nitrogens with zero attached hydrogens (tertiary/aromatic N) is 2. The molecule has 3 aromatic rings. The Kier molecular flexibility index (Phi) is 9.38. The predicted octanol–water partition coefficient (Wildman–Crippen LogP) is 5.70. The van der Waals surface area contributed by atoms with Crippen LogP contribution in [-0.4, -0.2) is 73.8 Å². The molecule has 0 N–H and O–H groups in total. The van der Waals surface area contributed by atoms with Gasteiger partial charge in [-0.2, -0.15) is 0 Å². The molecule has 1 unspecified atom stereocenters. The second kappa shape index (κ2) is 13.1. The number of Topliss-reactive ketones (excluding diaryl/α,β-unsaturated/α-hetero) is 2. The van der Waals surface area contributed by atoms with Crippen LogP contribution in [0.25, 0.3) is 0 Å². The summed E-state index contributed by atoms with van der Waals surface area (Å²) in [6.45, 7) is 9.85. The maximum atomic E-state index is 14.3. The van der Waals surface area contributed by atoms with Crippen LogP contribution in [-0.2, 0) is 4.74 Å². The van der Waals surface area contributed by atoms with Gasteiger partial charge in [-0.1, -0.05) is 42.5 Å². The number of hydrogen-bond donors (Lipinski definition) is 0. The van der Waals surface area contributed by atoms with Crippen LogP contribution in [0, 0.1) is 37.3 Å². The fourth-order valence-electron chi connectivity index (χ4n) is 6.44. The van der Waals surface area contributed by atoms with Gasteiger partial charge in [-0.25, -0.2) is 8.78 Å². The van der Waals surface area contributed by atoms with Crippen LogP contribution in [0.4, 0.5) is 8.78 Å². The van der Waals surface area contributed by atoms with Crippen molar-refractivity contribution in [3.05, 3.63) is 106 Å². The summed E-state index contributed by atoms with van der Waals surface area (Å²) in [6.07, 6.45) is 0.885. The highest BCUT2D eigenvalue weighted by atomic mass is 19.1. The summed E-state index contributed by atoms with van der Waals surface area (Å²) >= 11 is 0. The molecule has 0 amide bonds. The van der Waals surface area contributed by atoms with E-state index in [4.69, 9.17) is 4.74 Å². The van der Waals surface area contributed by atoms with Gasteiger partial charge < -0.3 is 9.64 Å². The van der Waals surface area contributed by atoms with Crippen LogP contribution in [0.1, 0.15) is 49.7 Å². The highest BCUT2D eigenvalue weighted by molar-refractivity contribution is 6.02. The SMILES string of the molecule is Cc1cccc(C2[C@@H](C(=O)c3cccc(F)c3)CN(CCCN3CCOCC3)C[C@H]2C(=O)c2cccc(F)c2)c1C. The molecule has 3 aromatic carbocycles. The van der Waals surface area contributed by atoms with Gasteiger partial charge >= 0.3 is 0 Å². The van der Waals surface area contributed by atoms with E-state index in [2.05, 4.69) is 9.80 Å². The van der Waals surface area contributed by atoms with Gasteiger partial charge in [0.25, 0.3) is 0 Å². The normalized spacial score (nSPS) is 22.0. The van der Waals surface area contributed by atoms with Gasteiger partial charge in [-0.05, 0) is 74.3 Å². The topological polar surface area (TPSA) is 49.9 Å². The third-order valence-corrected chi connectivity index (χ3v) is 8.73. The van der Waals surface area contributed by atoms with Crippen molar-refractivity contribution in [1.82, 2.24) is 9.80 Å². The van der Waals surface area contributed by atoms with Gasteiger partial charge in [0, 0.05) is 55.1 Å². The van der Waals surface area contributed by atoms with Crippen molar-refractivity contribution in [3.63, 3.8) is 0 Å². The Hall–Kier alpha value is -3.26. The Morgan fingerprint density at radius 3 is 1.88 bits per heavy atom. The maximum absolute atomic E-state index is 14.3. The lowest BCUT2D eigenvalue weighted by Gasteiger charge is -2.44. The third-order valence-electron chi connectivity index (χ3n) is 8.73. The zero-order valence-electron chi connectivity index (χ0n) is 23.8. The summed E-state index contributed by atoms with van der Waals surface area (Å²) in [7, 11) is 0. The Bertz CT molecular complexity index is 1320. The molecule has 5 rings (SSSR count). The summed E-state index contributed by atoms with van der Waals surface area (Å²) in [6, 6.07) is 17.6. The van der Waals surface area contributed by atoms with E-state index in [9.17, 15) is 18.4 Å². The number of morpholine rings is 1. The summed E-state index contributed by atoms with van der Waals surface area (Å²) < 4.78 is 34.0. The average molecular weight is 561 g/mol. The lowest BCUT2D eigenvalue weighted by Crippen LogP contribution is -2.51. The lowest BCUT2D eigenvalue weighted by molar-refractivity contribution is 0.0331. The highest BCUT2D eigenvalue weighted by Gasteiger charge is 2.45. The minimum Gasteiger partial charge on any atom is -0.379 e. The van der Waals surface area contributed by atoms with Crippen LogP contribution < -0.4 is 0 Å². The molecular formula is C34H38F2N2O3. The van der Waals surface area contributed by atoms with Crippen molar-refractivity contribution in [2.75, 3.05) is 52.5 Å². The Morgan fingerprint density at radius 2 is 1.32 bits per heavy atom. The number of piperidine rings is 1. The molecule has 216 valence electrons. The molecule has 5 nitrogen and oxygen atoms in total. The molecule has 0 bridgehead atoms. The van der Waals surface area contributed by atoms with Gasteiger partial charge in [-0.15, -0.1) is 0 Å². The van der Waals surface area contributed by atoms with Crippen molar-refractivity contribution in [2.24, 2.45) is 11.8 Å². The lowest BCUT2D eigenvalue weighted by atomic mass is 9.67. The molecule has 41 heavy (non-hydrogen) atoms. The second-order valence-corrected chi connectivity index (χ2v) is 11.3. The summed E-state index contributed by atoms with van der Waals surface area (Å²) in [5, 5.41) is 0. The molecule has 0 spiro atoms. The fourth-order valence-corrected chi connectivity index (χ4v) is 6.44. The standard InChI is InChI=1S/C34H38F2N2O3/c1-23-7-3-12-29(24(23)2)32-30(33(39)25-8-4-10-27(35)19-25)21-38(14-6-13-37-15-17-41-18-16-37)22-31(32)34(40)26-9-5-11-28(36)20-26/h3-5,7-12,19-20,30-32H,6,13-18,21-22H2,1-2H3/t30-,31+,32?. The summed E-state index contributed by atoms with van der Waals surface area (Å²) in [5.74, 6) is -2.86. The molecular weight excluding hydrogens is 522 g/mol. The van der Waals surface area contributed by atoms with Gasteiger partial charge in [0.05, 0.1) is 13.2 Å². The number of halogens is 2. The van der Waals surface area contributed by atoms with E-state index < -0.39 is 29.4 Å². The number of aryl methyl sites for hydroxylation is 1. The number of likely N-dealkylation sites (tertiary alicyclic amines) is 1. The van der Waals surface area contributed by atoms with E-state index in [1.165, 1.54) is 24.3 Å². The number of ether oxygens (including phenoxy) is 1. The number of ketones is 2. The van der Waals surface area contributed by atoms with E-state index in [-0.39, 0.29) is 11.6 Å². The first kappa shape index (κ1) is 29.2. The molecule has 2 aliphatic rings. The van der Waals surface area contributed by atoms with Gasteiger partial charge in [0.15, 0.2) is 11.6 Å². The van der Waals surface area contributed by atoms with Crippen LogP contribution in [0.15, 0.2) is 66.7 Å². The van der Waals surface area contributed by atoms with E-state index >= 15 is 0 Å². The average Bonchev–Trinajstić information content (AvgIpc) is 2.98. The second-order valence-electron chi connectivity index (χ2n) is 11.3. The number of rotatable bonds is 9. The molecule has 2 saturated heterocycles.